The van der Waals surface area contributed by atoms with Crippen molar-refractivity contribution in [3.63, 3.8) is 0 Å². The second-order valence-electron chi connectivity index (χ2n) is 8.10. The summed E-state index contributed by atoms with van der Waals surface area (Å²) in [6.45, 7) is 9.26. The van der Waals surface area contributed by atoms with Gasteiger partial charge in [-0.25, -0.2) is 4.39 Å². The van der Waals surface area contributed by atoms with Gasteiger partial charge in [0.2, 0.25) is 0 Å². The van der Waals surface area contributed by atoms with Gasteiger partial charge in [0, 0.05) is 30.2 Å². The molecule has 0 bridgehead atoms. The van der Waals surface area contributed by atoms with Crippen LogP contribution in [0.15, 0.2) is 30.0 Å². The minimum Gasteiger partial charge on any atom is -0.398 e. The van der Waals surface area contributed by atoms with Crippen molar-refractivity contribution in [3.05, 3.63) is 40.6 Å². The molecule has 1 aromatic carbocycles. The van der Waals surface area contributed by atoms with Crippen LogP contribution in [0, 0.1) is 0 Å². The van der Waals surface area contributed by atoms with E-state index in [-0.39, 0.29) is 6.10 Å². The van der Waals surface area contributed by atoms with E-state index in [1.165, 1.54) is 0 Å². The summed E-state index contributed by atoms with van der Waals surface area (Å²) >= 11 is 5.98. The fourth-order valence-electron chi connectivity index (χ4n) is 3.22. The molecule has 1 unspecified atom stereocenters. The molecule has 26 heavy (non-hydrogen) atoms. The number of halogens is 2. The Hall–Kier alpha value is -0.915. The quantitative estimate of drug-likeness (QED) is 0.807. The van der Waals surface area contributed by atoms with Crippen LogP contribution in [0.2, 0.25) is 5.02 Å². The molecule has 2 aliphatic heterocycles. The molecule has 1 aromatic rings. The predicted octanol–water partition coefficient (Wildman–Crippen LogP) is 3.72. The molecular weight excluding hydrogens is 355 g/mol. The third kappa shape index (κ3) is 4.00. The standard InChI is InChI=1S/C19H26BClFNO3/c1-18(2)19(3,4)26-20(25-18)17(22)16(12-23-10-9-15(24)11-23)13-5-7-14(21)8-6-13/h5-8,15,24H,9-12H2,1-4H3. The van der Waals surface area contributed by atoms with Crippen molar-refractivity contribution >= 4 is 24.3 Å². The summed E-state index contributed by atoms with van der Waals surface area (Å²) in [6, 6.07) is 7.09. The molecular formula is C19H26BClFNO3. The van der Waals surface area contributed by atoms with Crippen LogP contribution in [-0.4, -0.2) is 54.1 Å². The highest BCUT2D eigenvalue weighted by Crippen LogP contribution is 2.40. The summed E-state index contributed by atoms with van der Waals surface area (Å²) in [4.78, 5) is 2.04. The molecule has 0 aliphatic carbocycles. The Morgan fingerprint density at radius 3 is 2.31 bits per heavy atom. The van der Waals surface area contributed by atoms with Crippen molar-refractivity contribution in [3.8, 4) is 0 Å². The number of aliphatic hydroxyl groups is 1. The van der Waals surface area contributed by atoms with Crippen LogP contribution in [0.4, 0.5) is 4.39 Å². The van der Waals surface area contributed by atoms with E-state index in [1.54, 1.807) is 24.3 Å². The number of nitrogens with zero attached hydrogens (tertiary/aromatic N) is 1. The Kier molecular flexibility index (Phi) is 5.53. The van der Waals surface area contributed by atoms with Gasteiger partial charge in [0.25, 0.3) is 0 Å². The molecule has 142 valence electrons. The highest BCUT2D eigenvalue weighted by atomic mass is 35.5. The predicted molar refractivity (Wildman–Crippen MR) is 103 cm³/mol. The van der Waals surface area contributed by atoms with Gasteiger partial charge in [-0.05, 0) is 51.8 Å². The van der Waals surface area contributed by atoms with Crippen molar-refractivity contribution < 1.29 is 18.8 Å². The third-order valence-corrected chi connectivity index (χ3v) is 5.82. The normalized spacial score (nSPS) is 26.3. The van der Waals surface area contributed by atoms with Gasteiger partial charge in [0.05, 0.1) is 17.3 Å². The van der Waals surface area contributed by atoms with Crippen LogP contribution in [0.25, 0.3) is 5.57 Å². The molecule has 0 spiro atoms. The van der Waals surface area contributed by atoms with E-state index in [0.29, 0.717) is 30.1 Å². The zero-order valence-corrected chi connectivity index (χ0v) is 16.5. The average molecular weight is 382 g/mol. The van der Waals surface area contributed by atoms with Gasteiger partial charge >= 0.3 is 7.12 Å². The van der Waals surface area contributed by atoms with E-state index >= 15 is 4.39 Å². The number of likely N-dealkylation sites (tertiary alicyclic amines) is 1. The molecule has 0 radical (unpaired) electrons. The molecule has 0 aromatic heterocycles. The molecule has 2 fully saturated rings. The summed E-state index contributed by atoms with van der Waals surface area (Å²) in [5.74, 6) is 0. The molecule has 3 rings (SSSR count). The second kappa shape index (κ2) is 7.25. The van der Waals surface area contributed by atoms with Crippen molar-refractivity contribution in [2.24, 2.45) is 0 Å². The maximum Gasteiger partial charge on any atom is 0.525 e. The monoisotopic (exact) mass is 381 g/mol. The zero-order chi connectivity index (χ0) is 19.1. The number of hydrogen-bond acceptors (Lipinski definition) is 4. The van der Waals surface area contributed by atoms with E-state index in [9.17, 15) is 5.11 Å². The number of benzene rings is 1. The first-order chi connectivity index (χ1) is 12.1. The van der Waals surface area contributed by atoms with Gasteiger partial charge in [-0.15, -0.1) is 0 Å². The van der Waals surface area contributed by atoms with Gasteiger partial charge in [-0.1, -0.05) is 23.7 Å². The Labute approximate surface area is 160 Å². The summed E-state index contributed by atoms with van der Waals surface area (Å²) < 4.78 is 27.3. The third-order valence-electron chi connectivity index (χ3n) is 5.57. The van der Waals surface area contributed by atoms with Crippen LogP contribution >= 0.6 is 11.6 Å². The maximum absolute atomic E-state index is 15.5. The highest BCUT2D eigenvalue weighted by molar-refractivity contribution is 6.55. The average Bonchev–Trinajstić information content (AvgIpc) is 3.05. The number of β-amino-alcohol motifs (C(OH)–C–C–N with tert-alkyl or cyclic N) is 1. The van der Waals surface area contributed by atoms with Crippen molar-refractivity contribution in [2.45, 2.75) is 51.4 Å². The van der Waals surface area contributed by atoms with E-state index in [4.69, 9.17) is 20.9 Å². The lowest BCUT2D eigenvalue weighted by molar-refractivity contribution is 0.00578. The zero-order valence-electron chi connectivity index (χ0n) is 15.8. The first-order valence-corrected chi connectivity index (χ1v) is 9.37. The van der Waals surface area contributed by atoms with E-state index in [2.05, 4.69) is 0 Å². The highest BCUT2D eigenvalue weighted by Gasteiger charge is 2.53. The van der Waals surface area contributed by atoms with E-state index in [0.717, 1.165) is 12.1 Å². The van der Waals surface area contributed by atoms with Crippen LogP contribution in [-0.2, 0) is 9.31 Å². The minimum atomic E-state index is -1.04. The molecule has 0 saturated carbocycles. The molecule has 2 aliphatic rings. The number of rotatable bonds is 4. The minimum absolute atomic E-state index is 0.360. The fourth-order valence-corrected chi connectivity index (χ4v) is 3.35. The molecule has 2 saturated heterocycles. The second-order valence-corrected chi connectivity index (χ2v) is 8.54. The molecule has 0 amide bonds. The topological polar surface area (TPSA) is 41.9 Å². The fraction of sp³-hybridized carbons (Fsp3) is 0.579. The van der Waals surface area contributed by atoms with Crippen molar-refractivity contribution in [2.75, 3.05) is 19.6 Å². The molecule has 2 heterocycles. The van der Waals surface area contributed by atoms with E-state index < -0.39 is 24.0 Å². The van der Waals surface area contributed by atoms with Gasteiger partial charge in [-0.3, -0.25) is 4.90 Å². The Bertz CT molecular complexity index is 677. The van der Waals surface area contributed by atoms with Gasteiger partial charge in [-0.2, -0.15) is 0 Å². The van der Waals surface area contributed by atoms with Crippen molar-refractivity contribution in [1.29, 1.82) is 0 Å². The Morgan fingerprint density at radius 2 is 1.81 bits per heavy atom. The van der Waals surface area contributed by atoms with E-state index in [1.807, 2.05) is 32.6 Å². The molecule has 1 atom stereocenters. The molecule has 4 nitrogen and oxygen atoms in total. The van der Waals surface area contributed by atoms with Crippen LogP contribution < -0.4 is 0 Å². The van der Waals surface area contributed by atoms with Crippen LogP contribution in [0.3, 0.4) is 0 Å². The number of hydrogen-bond donors (Lipinski definition) is 1. The van der Waals surface area contributed by atoms with Crippen LogP contribution in [0.1, 0.15) is 39.7 Å². The lowest BCUT2D eigenvalue weighted by Gasteiger charge is -2.32. The summed E-state index contributed by atoms with van der Waals surface area (Å²) in [5.41, 5.74) is -0.391. The van der Waals surface area contributed by atoms with Gasteiger partial charge in [0.1, 0.15) is 5.73 Å². The largest absolute Gasteiger partial charge is 0.525 e. The Balaban J connectivity index is 1.93. The lowest BCUT2D eigenvalue weighted by Crippen LogP contribution is -2.41. The Morgan fingerprint density at radius 1 is 1.23 bits per heavy atom. The summed E-state index contributed by atoms with van der Waals surface area (Å²) in [6.07, 6.45) is 0.341. The number of aliphatic hydroxyl groups excluding tert-OH is 1. The lowest BCUT2D eigenvalue weighted by atomic mass is 9.82. The molecule has 1 N–H and O–H groups in total. The smallest absolute Gasteiger partial charge is 0.398 e. The van der Waals surface area contributed by atoms with Gasteiger partial charge in [0.15, 0.2) is 0 Å². The van der Waals surface area contributed by atoms with Crippen LogP contribution in [0.5, 0.6) is 0 Å². The van der Waals surface area contributed by atoms with Crippen molar-refractivity contribution in [1.82, 2.24) is 4.90 Å². The first kappa shape index (κ1) is 19.8. The summed E-state index contributed by atoms with van der Waals surface area (Å²) in [5, 5.41) is 10.4. The molecule has 7 heteroatoms. The SMILES string of the molecule is CC1(C)OB(C(F)=C(CN2CCC(O)C2)c2ccc(Cl)cc2)OC1(C)C. The maximum atomic E-state index is 15.5. The first-order valence-electron chi connectivity index (χ1n) is 8.99. The summed E-state index contributed by atoms with van der Waals surface area (Å²) in [7, 11) is -1.04. The van der Waals surface area contributed by atoms with Gasteiger partial charge < -0.3 is 14.4 Å².